The van der Waals surface area contributed by atoms with Crippen molar-refractivity contribution in [3.63, 3.8) is 0 Å². The zero-order valence-electron chi connectivity index (χ0n) is 8.80. The maximum Gasteiger partial charge on any atom is 0.461 e. The van der Waals surface area contributed by atoms with Gasteiger partial charge in [-0.1, -0.05) is 30.3 Å². The number of alkyl halides is 5. The van der Waals surface area contributed by atoms with Crippen LogP contribution in [0.1, 0.15) is 16.8 Å². The van der Waals surface area contributed by atoms with E-state index >= 15 is 0 Å². The molecule has 0 aliphatic heterocycles. The summed E-state index contributed by atoms with van der Waals surface area (Å²) < 4.78 is 60.7. The smallest absolute Gasteiger partial charge is 0.294 e. The van der Waals surface area contributed by atoms with Crippen molar-refractivity contribution in [3.8, 4) is 0 Å². The highest BCUT2D eigenvalue weighted by molar-refractivity contribution is 6.10. The maximum absolute atomic E-state index is 12.6. The molecule has 2 nitrogen and oxygen atoms in total. The lowest BCUT2D eigenvalue weighted by atomic mass is 10.0. The van der Waals surface area contributed by atoms with Gasteiger partial charge < -0.3 is 0 Å². The fourth-order valence-corrected chi connectivity index (χ4v) is 1.14. The Morgan fingerprint density at radius 1 is 0.944 bits per heavy atom. The minimum atomic E-state index is -5.99. The predicted octanol–water partition coefficient (Wildman–Crippen LogP) is 3.03. The summed E-state index contributed by atoms with van der Waals surface area (Å²) in [6.45, 7) is 0. The summed E-state index contributed by atoms with van der Waals surface area (Å²) in [6, 6.07) is 6.78. The van der Waals surface area contributed by atoms with Gasteiger partial charge in [0, 0.05) is 5.56 Å². The van der Waals surface area contributed by atoms with E-state index < -0.39 is 30.1 Å². The Morgan fingerprint density at radius 2 is 1.44 bits per heavy atom. The molecule has 7 heteroatoms. The SMILES string of the molecule is O=C(CC(=O)C(F)(F)C(F)(F)F)c1ccccc1. The molecule has 0 heterocycles. The quantitative estimate of drug-likeness (QED) is 0.477. The standard InChI is InChI=1S/C11H7F5O2/c12-10(13,11(14,15)16)9(18)6-8(17)7-4-2-1-3-5-7/h1-5H,6H2. The first-order valence-electron chi connectivity index (χ1n) is 4.72. The number of hydrogen-bond acceptors (Lipinski definition) is 2. The normalized spacial score (nSPS) is 12.3. The molecule has 0 amide bonds. The van der Waals surface area contributed by atoms with Crippen molar-refractivity contribution in [2.45, 2.75) is 18.5 Å². The lowest BCUT2D eigenvalue weighted by Crippen LogP contribution is -2.44. The number of hydrogen-bond donors (Lipinski definition) is 0. The van der Waals surface area contributed by atoms with Crippen LogP contribution in [-0.2, 0) is 4.79 Å². The number of Topliss-reactive ketones (excluding diaryl/α,β-unsaturated/α-hetero) is 2. The van der Waals surface area contributed by atoms with Crippen LogP contribution in [-0.4, -0.2) is 23.7 Å². The topological polar surface area (TPSA) is 34.1 Å². The van der Waals surface area contributed by atoms with Crippen molar-refractivity contribution in [1.82, 2.24) is 0 Å². The minimum absolute atomic E-state index is 0.0937. The van der Waals surface area contributed by atoms with Crippen molar-refractivity contribution in [3.05, 3.63) is 35.9 Å². The van der Waals surface area contributed by atoms with E-state index in [9.17, 15) is 31.5 Å². The number of benzene rings is 1. The van der Waals surface area contributed by atoms with E-state index in [-0.39, 0.29) is 5.56 Å². The van der Waals surface area contributed by atoms with Gasteiger partial charge >= 0.3 is 12.1 Å². The Labute approximate surface area is 98.4 Å². The van der Waals surface area contributed by atoms with Crippen LogP contribution in [0.3, 0.4) is 0 Å². The summed E-state index contributed by atoms with van der Waals surface area (Å²) in [5.41, 5.74) is -0.0937. The summed E-state index contributed by atoms with van der Waals surface area (Å²) in [7, 11) is 0. The average Bonchev–Trinajstić information content (AvgIpc) is 2.28. The third-order valence-corrected chi connectivity index (χ3v) is 2.12. The molecule has 1 aromatic rings. The fourth-order valence-electron chi connectivity index (χ4n) is 1.14. The van der Waals surface area contributed by atoms with Gasteiger partial charge in [0.25, 0.3) is 0 Å². The van der Waals surface area contributed by atoms with Crippen LogP contribution in [0.15, 0.2) is 30.3 Å². The number of rotatable bonds is 4. The van der Waals surface area contributed by atoms with Gasteiger partial charge in [-0.25, -0.2) is 0 Å². The van der Waals surface area contributed by atoms with Crippen molar-refractivity contribution in [2.75, 3.05) is 0 Å². The Kier molecular flexibility index (Phi) is 3.83. The molecule has 0 fully saturated rings. The van der Waals surface area contributed by atoms with Gasteiger partial charge in [-0.15, -0.1) is 0 Å². The van der Waals surface area contributed by atoms with E-state index in [0.717, 1.165) is 0 Å². The third-order valence-electron chi connectivity index (χ3n) is 2.12. The minimum Gasteiger partial charge on any atom is -0.294 e. The lowest BCUT2D eigenvalue weighted by Gasteiger charge is -2.17. The fraction of sp³-hybridized carbons (Fsp3) is 0.273. The molecule has 0 bridgehead atoms. The highest BCUT2D eigenvalue weighted by Gasteiger charge is 2.62. The molecule has 0 aliphatic carbocycles. The predicted molar refractivity (Wildman–Crippen MR) is 51.4 cm³/mol. The highest BCUT2D eigenvalue weighted by atomic mass is 19.4. The summed E-state index contributed by atoms with van der Waals surface area (Å²) in [5, 5.41) is 0. The van der Waals surface area contributed by atoms with Gasteiger partial charge in [-0.05, 0) is 0 Å². The Hall–Kier alpha value is -1.79. The van der Waals surface area contributed by atoms with Gasteiger partial charge in [0.1, 0.15) is 0 Å². The van der Waals surface area contributed by atoms with Crippen LogP contribution in [0.25, 0.3) is 0 Å². The molecule has 0 saturated heterocycles. The number of carbonyl (C=O) groups is 2. The molecule has 98 valence electrons. The molecule has 1 aromatic carbocycles. The van der Waals surface area contributed by atoms with Gasteiger partial charge in [0.15, 0.2) is 5.78 Å². The van der Waals surface area contributed by atoms with Gasteiger partial charge in [0.05, 0.1) is 6.42 Å². The molecule has 0 saturated carbocycles. The summed E-state index contributed by atoms with van der Waals surface area (Å²) in [4.78, 5) is 22.1. The Balaban J connectivity index is 2.81. The van der Waals surface area contributed by atoms with Crippen LogP contribution in [0.4, 0.5) is 22.0 Å². The Morgan fingerprint density at radius 3 is 1.89 bits per heavy atom. The number of carbonyl (C=O) groups excluding carboxylic acids is 2. The van der Waals surface area contributed by atoms with E-state index in [1.807, 2.05) is 0 Å². The largest absolute Gasteiger partial charge is 0.461 e. The first kappa shape index (κ1) is 14.3. The second-order valence-corrected chi connectivity index (χ2v) is 3.46. The van der Waals surface area contributed by atoms with Crippen LogP contribution in [0.5, 0.6) is 0 Å². The van der Waals surface area contributed by atoms with Gasteiger partial charge in [-0.2, -0.15) is 22.0 Å². The summed E-state index contributed by atoms with van der Waals surface area (Å²) >= 11 is 0. The second-order valence-electron chi connectivity index (χ2n) is 3.46. The molecular formula is C11H7F5O2. The van der Waals surface area contributed by atoms with Crippen molar-refractivity contribution in [1.29, 1.82) is 0 Å². The molecule has 18 heavy (non-hydrogen) atoms. The number of halogens is 5. The van der Waals surface area contributed by atoms with E-state index in [1.165, 1.54) is 30.3 Å². The maximum atomic E-state index is 12.6. The van der Waals surface area contributed by atoms with E-state index in [1.54, 1.807) is 0 Å². The highest BCUT2D eigenvalue weighted by Crippen LogP contribution is 2.37. The molecule has 0 atom stereocenters. The average molecular weight is 266 g/mol. The summed E-state index contributed by atoms with van der Waals surface area (Å²) in [5.74, 6) is -9.04. The molecule has 0 aliphatic rings. The van der Waals surface area contributed by atoms with Gasteiger partial charge in [-0.3, -0.25) is 9.59 Å². The molecule has 0 aromatic heterocycles. The van der Waals surface area contributed by atoms with Crippen molar-refractivity contribution >= 4 is 11.6 Å². The van der Waals surface area contributed by atoms with E-state index in [2.05, 4.69) is 0 Å². The van der Waals surface area contributed by atoms with Gasteiger partial charge in [0.2, 0.25) is 5.78 Å². The van der Waals surface area contributed by atoms with E-state index in [0.29, 0.717) is 0 Å². The van der Waals surface area contributed by atoms with Crippen molar-refractivity contribution < 1.29 is 31.5 Å². The number of ketones is 2. The third kappa shape index (κ3) is 2.91. The Bertz CT molecular complexity index is 450. The summed E-state index contributed by atoms with van der Waals surface area (Å²) in [6.07, 6.45) is -7.47. The van der Waals surface area contributed by atoms with Crippen LogP contribution < -0.4 is 0 Å². The molecule has 0 spiro atoms. The van der Waals surface area contributed by atoms with Crippen LogP contribution in [0, 0.1) is 0 Å². The lowest BCUT2D eigenvalue weighted by molar-refractivity contribution is -0.268. The van der Waals surface area contributed by atoms with Crippen LogP contribution >= 0.6 is 0 Å². The molecular weight excluding hydrogens is 259 g/mol. The molecule has 0 N–H and O–H groups in total. The molecule has 1 rings (SSSR count). The van der Waals surface area contributed by atoms with Crippen LogP contribution in [0.2, 0.25) is 0 Å². The molecule has 0 unspecified atom stereocenters. The first-order valence-corrected chi connectivity index (χ1v) is 4.72. The van der Waals surface area contributed by atoms with E-state index in [4.69, 9.17) is 0 Å². The second kappa shape index (κ2) is 4.83. The zero-order valence-corrected chi connectivity index (χ0v) is 8.80. The zero-order chi connectivity index (χ0) is 14.0. The first-order chi connectivity index (χ1) is 8.16. The molecule has 0 radical (unpaired) electrons. The van der Waals surface area contributed by atoms with Crippen molar-refractivity contribution in [2.24, 2.45) is 0 Å². The monoisotopic (exact) mass is 266 g/mol.